The van der Waals surface area contributed by atoms with E-state index in [9.17, 15) is 9.59 Å². The van der Waals surface area contributed by atoms with Gasteiger partial charge in [0.25, 0.3) is 5.56 Å². The van der Waals surface area contributed by atoms with E-state index in [1.807, 2.05) is 66.7 Å². The first kappa shape index (κ1) is 25.3. The number of ether oxygens (including phenoxy) is 3. The Hall–Kier alpha value is -3.75. The first-order valence-electron chi connectivity index (χ1n) is 11.6. The topological polar surface area (TPSA) is 83.7 Å². The van der Waals surface area contributed by atoms with Gasteiger partial charge in [-0.15, -0.1) is 12.4 Å². The van der Waals surface area contributed by atoms with E-state index in [1.165, 1.54) is 4.57 Å². The molecule has 0 radical (unpaired) electrons. The Balaban J connectivity index is 0.00000304. The number of para-hydroxylation sites is 3. The standard InChI is InChI=1S/C27H27N3O5.ClH/c1-33-20-12-10-19(11-13-20)17-30-26(31)22-6-2-3-7-23(22)29(27(30)32)15-14-28-16-21-18-34-24-8-4-5-9-25(24)35-21;/h2-13,21,28H,14-18H2,1H3;1H. The van der Waals surface area contributed by atoms with Gasteiger partial charge < -0.3 is 19.5 Å². The lowest BCUT2D eigenvalue weighted by Crippen LogP contribution is -2.43. The zero-order valence-corrected chi connectivity index (χ0v) is 20.7. The highest BCUT2D eigenvalue weighted by Gasteiger charge is 2.20. The molecule has 0 spiro atoms. The van der Waals surface area contributed by atoms with E-state index in [0.29, 0.717) is 37.1 Å². The SMILES string of the molecule is COc1ccc(Cn2c(=O)c3ccccc3n(CCNCC3COc4ccccc4O3)c2=O)cc1.Cl. The van der Waals surface area contributed by atoms with Crippen LogP contribution >= 0.6 is 12.4 Å². The number of hydrogen-bond donors (Lipinski definition) is 1. The van der Waals surface area contributed by atoms with Crippen molar-refractivity contribution in [2.24, 2.45) is 0 Å². The molecule has 1 N–H and O–H groups in total. The van der Waals surface area contributed by atoms with Crippen molar-refractivity contribution >= 4 is 23.3 Å². The molecule has 3 aromatic carbocycles. The van der Waals surface area contributed by atoms with Gasteiger partial charge in [0, 0.05) is 19.6 Å². The zero-order chi connectivity index (χ0) is 24.2. The maximum absolute atomic E-state index is 13.4. The molecule has 5 rings (SSSR count). The Labute approximate surface area is 214 Å². The van der Waals surface area contributed by atoms with E-state index >= 15 is 0 Å². The minimum absolute atomic E-state index is 0. The molecule has 0 fully saturated rings. The van der Waals surface area contributed by atoms with Crippen molar-refractivity contribution < 1.29 is 14.2 Å². The van der Waals surface area contributed by atoms with Crippen LogP contribution in [0.5, 0.6) is 17.2 Å². The normalized spacial score (nSPS) is 14.3. The van der Waals surface area contributed by atoms with Crippen molar-refractivity contribution in [1.29, 1.82) is 0 Å². The van der Waals surface area contributed by atoms with Crippen LogP contribution < -0.4 is 30.8 Å². The second-order valence-electron chi connectivity index (χ2n) is 8.39. The minimum Gasteiger partial charge on any atom is -0.497 e. The van der Waals surface area contributed by atoms with Gasteiger partial charge in [-0.25, -0.2) is 4.79 Å². The highest BCUT2D eigenvalue weighted by Crippen LogP contribution is 2.30. The van der Waals surface area contributed by atoms with Gasteiger partial charge in [-0.1, -0.05) is 36.4 Å². The molecular weight excluding hydrogens is 482 g/mol. The maximum Gasteiger partial charge on any atom is 0.331 e. The molecule has 9 heteroatoms. The summed E-state index contributed by atoms with van der Waals surface area (Å²) in [6.45, 7) is 2.16. The third kappa shape index (κ3) is 5.24. The second-order valence-corrected chi connectivity index (χ2v) is 8.39. The highest BCUT2D eigenvalue weighted by atomic mass is 35.5. The van der Waals surface area contributed by atoms with Crippen LogP contribution in [0.2, 0.25) is 0 Å². The number of hydrogen-bond acceptors (Lipinski definition) is 6. The van der Waals surface area contributed by atoms with Crippen LogP contribution in [0.25, 0.3) is 10.9 Å². The monoisotopic (exact) mass is 509 g/mol. The number of benzene rings is 3. The van der Waals surface area contributed by atoms with E-state index in [2.05, 4.69) is 5.32 Å². The first-order chi connectivity index (χ1) is 17.1. The van der Waals surface area contributed by atoms with Crippen molar-refractivity contribution in [3.63, 3.8) is 0 Å². The van der Waals surface area contributed by atoms with Gasteiger partial charge in [0.1, 0.15) is 18.5 Å². The molecule has 1 unspecified atom stereocenters. The molecule has 0 aliphatic carbocycles. The number of methoxy groups -OCH3 is 1. The summed E-state index contributed by atoms with van der Waals surface area (Å²) in [5.41, 5.74) is 0.843. The summed E-state index contributed by atoms with van der Waals surface area (Å²) in [5.74, 6) is 2.21. The van der Waals surface area contributed by atoms with Crippen molar-refractivity contribution in [3.05, 3.63) is 99.2 Å². The van der Waals surface area contributed by atoms with Crippen LogP contribution in [0.4, 0.5) is 0 Å². The molecule has 1 atom stereocenters. The van der Waals surface area contributed by atoms with Crippen molar-refractivity contribution in [1.82, 2.24) is 14.5 Å². The zero-order valence-electron chi connectivity index (χ0n) is 19.9. The van der Waals surface area contributed by atoms with Gasteiger partial charge in [-0.2, -0.15) is 0 Å². The minimum atomic E-state index is -0.336. The van der Waals surface area contributed by atoms with Crippen LogP contribution in [0.15, 0.2) is 82.4 Å². The Kier molecular flexibility index (Phi) is 7.97. The van der Waals surface area contributed by atoms with E-state index in [1.54, 1.807) is 17.7 Å². The number of nitrogens with zero attached hydrogens (tertiary/aromatic N) is 2. The van der Waals surface area contributed by atoms with Crippen LogP contribution in [-0.4, -0.2) is 42.0 Å². The number of aromatic nitrogens is 2. The van der Waals surface area contributed by atoms with Crippen LogP contribution in [0.1, 0.15) is 5.56 Å². The largest absolute Gasteiger partial charge is 0.497 e. The first-order valence-corrected chi connectivity index (χ1v) is 11.6. The molecule has 36 heavy (non-hydrogen) atoms. The van der Waals surface area contributed by atoms with Crippen LogP contribution in [0, 0.1) is 0 Å². The van der Waals surface area contributed by atoms with Gasteiger partial charge in [0.05, 0.1) is 24.6 Å². The molecule has 2 heterocycles. The van der Waals surface area contributed by atoms with Crippen molar-refractivity contribution in [2.45, 2.75) is 19.2 Å². The summed E-state index contributed by atoms with van der Waals surface area (Å²) in [7, 11) is 1.60. The lowest BCUT2D eigenvalue weighted by atomic mass is 10.2. The van der Waals surface area contributed by atoms with E-state index < -0.39 is 0 Å². The summed E-state index contributed by atoms with van der Waals surface area (Å²) in [5, 5.41) is 3.87. The Bertz CT molecular complexity index is 1450. The molecule has 0 amide bonds. The summed E-state index contributed by atoms with van der Waals surface area (Å²) >= 11 is 0. The summed E-state index contributed by atoms with van der Waals surface area (Å²) in [6.07, 6.45) is -0.123. The fourth-order valence-electron chi connectivity index (χ4n) is 4.26. The number of rotatable bonds is 8. The molecular formula is C27H28ClN3O5. The molecule has 1 aliphatic heterocycles. The summed E-state index contributed by atoms with van der Waals surface area (Å²) < 4.78 is 19.9. The van der Waals surface area contributed by atoms with Crippen LogP contribution in [-0.2, 0) is 13.1 Å². The maximum atomic E-state index is 13.4. The van der Waals surface area contributed by atoms with Gasteiger partial charge in [-0.05, 0) is 42.0 Å². The van der Waals surface area contributed by atoms with Gasteiger partial charge in [-0.3, -0.25) is 13.9 Å². The summed E-state index contributed by atoms with van der Waals surface area (Å²) in [4.78, 5) is 26.5. The third-order valence-electron chi connectivity index (χ3n) is 6.08. The Morgan fingerprint density at radius 3 is 2.44 bits per heavy atom. The van der Waals surface area contributed by atoms with E-state index in [4.69, 9.17) is 14.2 Å². The highest BCUT2D eigenvalue weighted by molar-refractivity contribution is 5.85. The molecule has 188 valence electrons. The average Bonchev–Trinajstić information content (AvgIpc) is 2.91. The number of fused-ring (bicyclic) bond motifs is 2. The molecule has 4 aromatic rings. The van der Waals surface area contributed by atoms with Crippen molar-refractivity contribution in [2.75, 3.05) is 26.8 Å². The predicted molar refractivity (Wildman–Crippen MR) is 141 cm³/mol. The molecule has 0 saturated heterocycles. The van der Waals surface area contributed by atoms with Gasteiger partial charge >= 0.3 is 5.69 Å². The van der Waals surface area contributed by atoms with Gasteiger partial charge in [0.2, 0.25) is 0 Å². The summed E-state index contributed by atoms with van der Waals surface area (Å²) in [6, 6.07) is 22.2. The Morgan fingerprint density at radius 1 is 0.944 bits per heavy atom. The van der Waals surface area contributed by atoms with E-state index in [-0.39, 0.29) is 36.3 Å². The fourth-order valence-corrected chi connectivity index (χ4v) is 4.26. The van der Waals surface area contributed by atoms with Gasteiger partial charge in [0.15, 0.2) is 11.5 Å². The second kappa shape index (κ2) is 11.3. The third-order valence-corrected chi connectivity index (χ3v) is 6.08. The molecule has 1 aliphatic rings. The molecule has 8 nitrogen and oxygen atoms in total. The fraction of sp³-hybridized carbons (Fsp3) is 0.259. The Morgan fingerprint density at radius 2 is 1.67 bits per heavy atom. The van der Waals surface area contributed by atoms with Crippen LogP contribution in [0.3, 0.4) is 0 Å². The number of nitrogens with one attached hydrogen (secondary N) is 1. The molecule has 1 aromatic heterocycles. The number of halogens is 1. The lowest BCUT2D eigenvalue weighted by Gasteiger charge is -2.26. The smallest absolute Gasteiger partial charge is 0.331 e. The van der Waals surface area contributed by atoms with Crippen molar-refractivity contribution in [3.8, 4) is 17.2 Å². The quantitative estimate of drug-likeness (QED) is 0.368. The van der Waals surface area contributed by atoms with E-state index in [0.717, 1.165) is 22.8 Å². The lowest BCUT2D eigenvalue weighted by molar-refractivity contribution is 0.0904. The molecule has 0 bridgehead atoms. The molecule has 0 saturated carbocycles. The average molecular weight is 510 g/mol. The predicted octanol–water partition coefficient (Wildman–Crippen LogP) is 3.07.